The fourth-order valence-electron chi connectivity index (χ4n) is 2.54. The van der Waals surface area contributed by atoms with Gasteiger partial charge in [0.25, 0.3) is 0 Å². The summed E-state index contributed by atoms with van der Waals surface area (Å²) in [6.07, 6.45) is 1.59. The number of hydrogen-bond acceptors (Lipinski definition) is 4. The number of hydrogen-bond donors (Lipinski definition) is 2. The Kier molecular flexibility index (Phi) is 5.43. The van der Waals surface area contributed by atoms with Crippen molar-refractivity contribution < 1.29 is 8.42 Å². The van der Waals surface area contributed by atoms with Crippen molar-refractivity contribution in [3.8, 4) is 0 Å². The molecule has 0 bridgehead atoms. The standard InChI is InChI=1S/C14H26N4O2S/c1-4-15-10-13-9-14(11-16-13)21(19,20)18-7-5-17(6-8-18)12(2)3/h9,11-12,15-16H,4-8,10H2,1-3H3. The van der Waals surface area contributed by atoms with Crippen LogP contribution in [0.5, 0.6) is 0 Å². The van der Waals surface area contributed by atoms with E-state index in [9.17, 15) is 8.42 Å². The molecule has 0 aliphatic carbocycles. The van der Waals surface area contributed by atoms with Crippen molar-refractivity contribution in [2.45, 2.75) is 38.3 Å². The average molecular weight is 314 g/mol. The monoisotopic (exact) mass is 314 g/mol. The van der Waals surface area contributed by atoms with E-state index in [1.165, 1.54) is 0 Å². The van der Waals surface area contributed by atoms with Crippen LogP contribution in [0.25, 0.3) is 0 Å². The number of rotatable bonds is 6. The van der Waals surface area contributed by atoms with E-state index in [-0.39, 0.29) is 0 Å². The predicted octanol–water partition coefficient (Wildman–Crippen LogP) is 0.839. The normalized spacial score (nSPS) is 18.5. The van der Waals surface area contributed by atoms with E-state index >= 15 is 0 Å². The van der Waals surface area contributed by atoms with Crippen molar-refractivity contribution in [2.75, 3.05) is 32.7 Å². The molecule has 2 rings (SSSR count). The molecule has 0 atom stereocenters. The second-order valence-electron chi connectivity index (χ2n) is 5.67. The number of piperazine rings is 1. The van der Waals surface area contributed by atoms with E-state index in [1.807, 2.05) is 6.92 Å². The SMILES string of the molecule is CCNCc1cc(S(=O)(=O)N2CCN(C(C)C)CC2)c[nH]1. The maximum Gasteiger partial charge on any atom is 0.244 e. The Labute approximate surface area is 127 Å². The van der Waals surface area contributed by atoms with E-state index in [4.69, 9.17) is 0 Å². The molecule has 0 amide bonds. The van der Waals surface area contributed by atoms with Gasteiger partial charge in [-0.1, -0.05) is 6.92 Å². The third-order valence-electron chi connectivity index (χ3n) is 3.92. The van der Waals surface area contributed by atoms with Crippen LogP contribution in [-0.2, 0) is 16.6 Å². The summed E-state index contributed by atoms with van der Waals surface area (Å²) in [5.41, 5.74) is 0.899. The molecule has 1 fully saturated rings. The highest BCUT2D eigenvalue weighted by Crippen LogP contribution is 2.19. The molecule has 120 valence electrons. The number of nitrogens with zero attached hydrogens (tertiary/aromatic N) is 2. The highest BCUT2D eigenvalue weighted by Gasteiger charge is 2.29. The number of nitrogens with one attached hydrogen (secondary N) is 2. The quantitative estimate of drug-likeness (QED) is 0.816. The second-order valence-corrected chi connectivity index (χ2v) is 7.61. The van der Waals surface area contributed by atoms with E-state index < -0.39 is 10.0 Å². The number of aromatic amines is 1. The zero-order valence-electron chi connectivity index (χ0n) is 13.1. The predicted molar refractivity (Wildman–Crippen MR) is 83.6 cm³/mol. The summed E-state index contributed by atoms with van der Waals surface area (Å²) >= 11 is 0. The van der Waals surface area contributed by atoms with Crippen molar-refractivity contribution in [3.63, 3.8) is 0 Å². The Balaban J connectivity index is 2.03. The van der Waals surface area contributed by atoms with Crippen molar-refractivity contribution in [1.29, 1.82) is 0 Å². The Hall–Kier alpha value is -0.890. The first-order valence-corrected chi connectivity index (χ1v) is 9.01. The first-order chi connectivity index (χ1) is 9.95. The van der Waals surface area contributed by atoms with E-state index in [0.29, 0.717) is 30.6 Å². The molecule has 1 aromatic rings. The zero-order valence-corrected chi connectivity index (χ0v) is 13.9. The number of sulfonamides is 1. The lowest BCUT2D eigenvalue weighted by Crippen LogP contribution is -2.50. The molecule has 2 heterocycles. The van der Waals surface area contributed by atoms with Crippen molar-refractivity contribution >= 4 is 10.0 Å². The Bertz CT molecular complexity index is 545. The van der Waals surface area contributed by atoms with Crippen LogP contribution in [0.15, 0.2) is 17.2 Å². The van der Waals surface area contributed by atoms with Crippen molar-refractivity contribution in [3.05, 3.63) is 18.0 Å². The summed E-state index contributed by atoms with van der Waals surface area (Å²) in [6.45, 7) is 10.5. The Morgan fingerprint density at radius 3 is 2.52 bits per heavy atom. The molecule has 2 N–H and O–H groups in total. The van der Waals surface area contributed by atoms with Crippen LogP contribution < -0.4 is 5.32 Å². The van der Waals surface area contributed by atoms with E-state index in [2.05, 4.69) is 29.0 Å². The van der Waals surface area contributed by atoms with Gasteiger partial charge < -0.3 is 10.3 Å². The third kappa shape index (κ3) is 3.85. The summed E-state index contributed by atoms with van der Waals surface area (Å²) in [6, 6.07) is 2.20. The molecule has 0 spiro atoms. The molecule has 1 saturated heterocycles. The minimum atomic E-state index is -3.37. The Morgan fingerprint density at radius 2 is 1.95 bits per heavy atom. The Morgan fingerprint density at radius 1 is 1.29 bits per heavy atom. The number of aromatic nitrogens is 1. The van der Waals surface area contributed by atoms with Crippen LogP contribution in [0.3, 0.4) is 0 Å². The van der Waals surface area contributed by atoms with Gasteiger partial charge in [0, 0.05) is 50.7 Å². The molecule has 1 aliphatic heterocycles. The van der Waals surface area contributed by atoms with Crippen LogP contribution in [0.4, 0.5) is 0 Å². The molecule has 7 heteroatoms. The molecular formula is C14H26N4O2S. The molecule has 6 nitrogen and oxygen atoms in total. The maximum absolute atomic E-state index is 12.6. The van der Waals surface area contributed by atoms with Crippen LogP contribution in [0.2, 0.25) is 0 Å². The highest BCUT2D eigenvalue weighted by molar-refractivity contribution is 7.89. The molecule has 21 heavy (non-hydrogen) atoms. The van der Waals surface area contributed by atoms with Crippen LogP contribution in [0.1, 0.15) is 26.5 Å². The minimum absolute atomic E-state index is 0.369. The maximum atomic E-state index is 12.6. The first-order valence-electron chi connectivity index (χ1n) is 7.57. The zero-order chi connectivity index (χ0) is 15.5. The van der Waals surface area contributed by atoms with Crippen LogP contribution >= 0.6 is 0 Å². The molecule has 0 unspecified atom stereocenters. The summed E-state index contributed by atoms with van der Waals surface area (Å²) < 4.78 is 26.8. The summed E-state index contributed by atoms with van der Waals surface area (Å²) in [4.78, 5) is 5.71. The van der Waals surface area contributed by atoms with Gasteiger partial charge in [-0.2, -0.15) is 4.31 Å². The molecular weight excluding hydrogens is 288 g/mol. The fraction of sp³-hybridized carbons (Fsp3) is 0.714. The van der Waals surface area contributed by atoms with Crippen LogP contribution in [-0.4, -0.2) is 61.4 Å². The number of H-pyrrole nitrogens is 1. The topological polar surface area (TPSA) is 68.4 Å². The van der Waals surface area contributed by atoms with Crippen LogP contribution in [0, 0.1) is 0 Å². The molecule has 1 aliphatic rings. The summed E-state index contributed by atoms with van der Waals surface area (Å²) in [5, 5.41) is 3.18. The molecule has 1 aromatic heterocycles. The lowest BCUT2D eigenvalue weighted by Gasteiger charge is -2.36. The minimum Gasteiger partial charge on any atom is -0.363 e. The van der Waals surface area contributed by atoms with Gasteiger partial charge in [-0.3, -0.25) is 4.90 Å². The first kappa shape index (κ1) is 16.5. The van der Waals surface area contributed by atoms with E-state index in [0.717, 1.165) is 25.3 Å². The highest BCUT2D eigenvalue weighted by atomic mass is 32.2. The molecule has 0 aromatic carbocycles. The van der Waals surface area contributed by atoms with Crippen molar-refractivity contribution in [2.24, 2.45) is 0 Å². The second kappa shape index (κ2) is 6.91. The smallest absolute Gasteiger partial charge is 0.244 e. The van der Waals surface area contributed by atoms with Gasteiger partial charge in [-0.15, -0.1) is 0 Å². The lowest BCUT2D eigenvalue weighted by atomic mass is 10.3. The summed E-state index contributed by atoms with van der Waals surface area (Å²) in [7, 11) is -3.37. The largest absolute Gasteiger partial charge is 0.363 e. The van der Waals surface area contributed by atoms with Gasteiger partial charge in [0.15, 0.2) is 0 Å². The fourth-order valence-corrected chi connectivity index (χ4v) is 3.98. The third-order valence-corrected chi connectivity index (χ3v) is 5.80. The average Bonchev–Trinajstić information content (AvgIpc) is 2.94. The van der Waals surface area contributed by atoms with Gasteiger partial charge in [0.1, 0.15) is 0 Å². The van der Waals surface area contributed by atoms with Gasteiger partial charge in [0.2, 0.25) is 10.0 Å². The molecule has 0 saturated carbocycles. The van der Waals surface area contributed by atoms with Gasteiger partial charge in [0.05, 0.1) is 4.90 Å². The van der Waals surface area contributed by atoms with Gasteiger partial charge in [-0.05, 0) is 26.5 Å². The molecule has 0 radical (unpaired) electrons. The van der Waals surface area contributed by atoms with Crippen molar-refractivity contribution in [1.82, 2.24) is 19.5 Å². The van der Waals surface area contributed by atoms with Gasteiger partial charge in [-0.25, -0.2) is 8.42 Å². The van der Waals surface area contributed by atoms with E-state index in [1.54, 1.807) is 16.6 Å². The van der Waals surface area contributed by atoms with Gasteiger partial charge >= 0.3 is 0 Å². The lowest BCUT2D eigenvalue weighted by molar-refractivity contribution is 0.154. The summed E-state index contributed by atoms with van der Waals surface area (Å²) in [5.74, 6) is 0.